The lowest BCUT2D eigenvalue weighted by Gasteiger charge is -2.07. The van der Waals surface area contributed by atoms with Crippen LogP contribution in [0.2, 0.25) is 0 Å². The van der Waals surface area contributed by atoms with E-state index in [0.29, 0.717) is 16.7 Å². The molecule has 3 atom stereocenters. The third kappa shape index (κ3) is 1.89. The normalized spacial score (nSPS) is 38.2. The third-order valence-corrected chi connectivity index (χ3v) is 3.14. The number of halogens is 1. The molecule has 0 aromatic heterocycles. The van der Waals surface area contributed by atoms with E-state index in [9.17, 15) is 4.79 Å². The van der Waals surface area contributed by atoms with Gasteiger partial charge in [-0.25, -0.2) is 0 Å². The van der Waals surface area contributed by atoms with Gasteiger partial charge in [0.25, 0.3) is 0 Å². The summed E-state index contributed by atoms with van der Waals surface area (Å²) in [6, 6.07) is 0. The average Bonchev–Trinajstić information content (AvgIpc) is 2.56. The second-order valence-electron chi connectivity index (χ2n) is 3.92. The van der Waals surface area contributed by atoms with Gasteiger partial charge in [-0.1, -0.05) is 22.9 Å². The van der Waals surface area contributed by atoms with Gasteiger partial charge in [-0.15, -0.1) is 0 Å². The topological polar surface area (TPSA) is 38.3 Å². The fourth-order valence-corrected chi connectivity index (χ4v) is 2.15. The second kappa shape index (κ2) is 3.58. The van der Waals surface area contributed by atoms with Crippen molar-refractivity contribution in [2.24, 2.45) is 17.8 Å². The molecule has 1 heterocycles. The van der Waals surface area contributed by atoms with Crippen molar-refractivity contribution < 1.29 is 9.53 Å². The summed E-state index contributed by atoms with van der Waals surface area (Å²) in [6.07, 6.45) is 0. The highest BCUT2D eigenvalue weighted by atomic mass is 79.9. The highest BCUT2D eigenvalue weighted by Crippen LogP contribution is 2.50. The largest absolute Gasteiger partial charge is 0.381 e. The minimum atomic E-state index is 0.213. The number of fused-ring (bicyclic) bond motifs is 1. The molecule has 2 aliphatic rings. The Morgan fingerprint density at radius 1 is 1.62 bits per heavy atom. The molecule has 0 aromatic rings. The van der Waals surface area contributed by atoms with Crippen LogP contribution >= 0.6 is 15.9 Å². The van der Waals surface area contributed by atoms with Gasteiger partial charge in [-0.2, -0.15) is 0 Å². The van der Waals surface area contributed by atoms with Crippen molar-refractivity contribution in [2.75, 3.05) is 19.8 Å². The maximum atomic E-state index is 11.5. The summed E-state index contributed by atoms with van der Waals surface area (Å²) in [4.78, 5) is 11.9. The number of hydrogen-bond donors (Lipinski definition) is 1. The van der Waals surface area contributed by atoms with E-state index in [1.807, 2.05) is 6.92 Å². The maximum Gasteiger partial charge on any atom is 0.223 e. The fourth-order valence-electron chi connectivity index (χ4n) is 1.99. The molecule has 1 aliphatic carbocycles. The Labute approximate surface area is 86.3 Å². The van der Waals surface area contributed by atoms with E-state index in [2.05, 4.69) is 21.2 Å². The van der Waals surface area contributed by atoms with Gasteiger partial charge in [0.15, 0.2) is 0 Å². The third-order valence-electron chi connectivity index (χ3n) is 2.81. The maximum absolute atomic E-state index is 11.5. The first-order valence-corrected chi connectivity index (χ1v) is 5.61. The van der Waals surface area contributed by atoms with Crippen LogP contribution in [-0.4, -0.2) is 30.5 Å². The molecule has 0 bridgehead atoms. The Bertz CT molecular complexity index is 210. The first kappa shape index (κ1) is 9.46. The van der Waals surface area contributed by atoms with Gasteiger partial charge in [0.1, 0.15) is 0 Å². The summed E-state index contributed by atoms with van der Waals surface area (Å²) < 4.78 is 5.22. The standard InChI is InChI=1S/C9H14BrNO2/c1-5(10)2-11-9(12)8-6-3-13-4-7(6)8/h5-8H,2-4H2,1H3,(H,11,12). The van der Waals surface area contributed by atoms with Gasteiger partial charge in [-0.05, 0) is 11.8 Å². The first-order chi connectivity index (χ1) is 6.20. The molecule has 74 valence electrons. The molecule has 1 N–H and O–H groups in total. The Morgan fingerprint density at radius 3 is 2.77 bits per heavy atom. The zero-order chi connectivity index (χ0) is 9.42. The predicted octanol–water partition coefficient (Wildman–Crippen LogP) is 0.778. The molecule has 0 aromatic carbocycles. The minimum Gasteiger partial charge on any atom is -0.381 e. The van der Waals surface area contributed by atoms with Gasteiger partial charge in [0, 0.05) is 17.3 Å². The summed E-state index contributed by atoms with van der Waals surface area (Å²) in [5.41, 5.74) is 0. The Morgan fingerprint density at radius 2 is 2.23 bits per heavy atom. The number of rotatable bonds is 3. The quantitative estimate of drug-likeness (QED) is 0.749. The van der Waals surface area contributed by atoms with E-state index in [-0.39, 0.29) is 11.8 Å². The van der Waals surface area contributed by atoms with E-state index >= 15 is 0 Å². The average molecular weight is 248 g/mol. The van der Waals surface area contributed by atoms with Gasteiger partial charge in [-0.3, -0.25) is 4.79 Å². The zero-order valence-electron chi connectivity index (χ0n) is 7.63. The number of nitrogens with one attached hydrogen (secondary N) is 1. The van der Waals surface area contributed by atoms with Crippen LogP contribution in [0.25, 0.3) is 0 Å². The van der Waals surface area contributed by atoms with Crippen molar-refractivity contribution in [2.45, 2.75) is 11.8 Å². The smallest absolute Gasteiger partial charge is 0.223 e. The van der Waals surface area contributed by atoms with Crippen LogP contribution in [0.3, 0.4) is 0 Å². The van der Waals surface area contributed by atoms with E-state index in [1.54, 1.807) is 0 Å². The molecular formula is C9H14BrNO2. The van der Waals surface area contributed by atoms with Crippen LogP contribution in [-0.2, 0) is 9.53 Å². The van der Waals surface area contributed by atoms with Crippen molar-refractivity contribution in [1.29, 1.82) is 0 Å². The van der Waals surface area contributed by atoms with Crippen LogP contribution in [0, 0.1) is 17.8 Å². The summed E-state index contributed by atoms with van der Waals surface area (Å²) in [7, 11) is 0. The molecule has 1 saturated heterocycles. The number of carbonyl (C=O) groups excluding carboxylic acids is 1. The van der Waals surface area contributed by atoms with Crippen molar-refractivity contribution in [3.8, 4) is 0 Å². The fraction of sp³-hybridized carbons (Fsp3) is 0.889. The van der Waals surface area contributed by atoms with Crippen LogP contribution in [0.15, 0.2) is 0 Å². The van der Waals surface area contributed by atoms with Crippen LogP contribution in [0.5, 0.6) is 0 Å². The monoisotopic (exact) mass is 247 g/mol. The number of amides is 1. The van der Waals surface area contributed by atoms with E-state index < -0.39 is 0 Å². The molecule has 1 amide bonds. The summed E-state index contributed by atoms with van der Waals surface area (Å²) in [5, 5.41) is 2.93. The Hall–Kier alpha value is -0.0900. The number of ether oxygens (including phenoxy) is 1. The summed E-state index contributed by atoms with van der Waals surface area (Å²) in [6.45, 7) is 4.31. The number of carbonyl (C=O) groups is 1. The molecule has 2 fully saturated rings. The lowest BCUT2D eigenvalue weighted by atomic mass is 10.3. The second-order valence-corrected chi connectivity index (χ2v) is 5.48. The SMILES string of the molecule is CC(Br)CNC(=O)C1C2COCC21. The van der Waals surface area contributed by atoms with E-state index in [4.69, 9.17) is 4.74 Å². The molecule has 0 spiro atoms. The lowest BCUT2D eigenvalue weighted by molar-refractivity contribution is -0.123. The van der Waals surface area contributed by atoms with E-state index in [1.165, 1.54) is 0 Å². The molecule has 0 radical (unpaired) electrons. The van der Waals surface area contributed by atoms with Gasteiger partial charge >= 0.3 is 0 Å². The van der Waals surface area contributed by atoms with Crippen molar-refractivity contribution >= 4 is 21.8 Å². The first-order valence-electron chi connectivity index (χ1n) is 4.69. The molecular weight excluding hydrogens is 234 g/mol. The van der Waals surface area contributed by atoms with Crippen LogP contribution in [0.4, 0.5) is 0 Å². The molecule has 2 rings (SSSR count). The van der Waals surface area contributed by atoms with Crippen LogP contribution in [0.1, 0.15) is 6.92 Å². The van der Waals surface area contributed by atoms with E-state index in [0.717, 1.165) is 19.8 Å². The lowest BCUT2D eigenvalue weighted by Crippen LogP contribution is -2.31. The molecule has 4 heteroatoms. The van der Waals surface area contributed by atoms with Gasteiger partial charge in [0.05, 0.1) is 13.2 Å². The van der Waals surface area contributed by atoms with Gasteiger partial charge < -0.3 is 10.1 Å². The van der Waals surface area contributed by atoms with Crippen molar-refractivity contribution in [3.05, 3.63) is 0 Å². The Kier molecular flexibility index (Phi) is 2.60. The number of hydrogen-bond acceptors (Lipinski definition) is 2. The van der Waals surface area contributed by atoms with Crippen molar-refractivity contribution in [3.63, 3.8) is 0 Å². The zero-order valence-corrected chi connectivity index (χ0v) is 9.21. The summed E-state index contributed by atoms with van der Waals surface area (Å²) >= 11 is 3.39. The van der Waals surface area contributed by atoms with Gasteiger partial charge in [0.2, 0.25) is 5.91 Å². The van der Waals surface area contributed by atoms with Crippen LogP contribution < -0.4 is 5.32 Å². The Balaban J connectivity index is 1.74. The molecule has 1 saturated carbocycles. The predicted molar refractivity (Wildman–Crippen MR) is 52.7 cm³/mol. The highest BCUT2D eigenvalue weighted by Gasteiger charge is 2.57. The molecule has 3 unspecified atom stereocenters. The highest BCUT2D eigenvalue weighted by molar-refractivity contribution is 9.09. The summed E-state index contributed by atoms with van der Waals surface area (Å²) in [5.74, 6) is 1.50. The van der Waals surface area contributed by atoms with Crippen molar-refractivity contribution in [1.82, 2.24) is 5.32 Å². The molecule has 13 heavy (non-hydrogen) atoms. The minimum absolute atomic E-state index is 0.213. The molecule has 3 nitrogen and oxygen atoms in total. The number of alkyl halides is 1. The molecule has 1 aliphatic heterocycles.